The Balaban J connectivity index is 2.35. The number of aromatic nitrogens is 1. The van der Waals surface area contributed by atoms with Gasteiger partial charge in [0.15, 0.2) is 0 Å². The van der Waals surface area contributed by atoms with Gasteiger partial charge in [-0.25, -0.2) is 13.2 Å². The van der Waals surface area contributed by atoms with Gasteiger partial charge in [-0.15, -0.1) is 11.3 Å². The second-order valence-corrected chi connectivity index (χ2v) is 7.04. The molecule has 0 amide bonds. The summed E-state index contributed by atoms with van der Waals surface area (Å²) in [7, 11) is -3.81. The van der Waals surface area contributed by atoms with Crippen LogP contribution in [0.4, 0.5) is 5.69 Å². The first-order valence-electron chi connectivity index (χ1n) is 5.59. The lowest BCUT2D eigenvalue weighted by atomic mass is 10.4. The number of hydrogen-bond acceptors (Lipinski definition) is 5. The van der Waals surface area contributed by atoms with E-state index in [2.05, 4.69) is 9.71 Å². The number of aryl methyl sites for hydroxylation is 2. The van der Waals surface area contributed by atoms with Crippen molar-refractivity contribution >= 4 is 33.0 Å². The maximum absolute atomic E-state index is 12.2. The number of nitrogens with zero attached hydrogens (tertiary/aromatic N) is 1. The number of sulfonamides is 1. The van der Waals surface area contributed by atoms with E-state index >= 15 is 0 Å². The molecule has 2 N–H and O–H groups in total. The molecule has 0 aliphatic rings. The van der Waals surface area contributed by atoms with Crippen LogP contribution in [0, 0.1) is 13.8 Å². The molecule has 2 heterocycles. The highest BCUT2D eigenvalue weighted by Gasteiger charge is 2.22. The third-order valence-electron chi connectivity index (χ3n) is 2.54. The normalized spacial score (nSPS) is 11.3. The van der Waals surface area contributed by atoms with Crippen LogP contribution in [-0.4, -0.2) is 24.5 Å². The Labute approximate surface area is 120 Å². The van der Waals surface area contributed by atoms with Crippen LogP contribution in [-0.2, 0) is 10.0 Å². The average molecular weight is 312 g/mol. The third kappa shape index (κ3) is 2.97. The SMILES string of the molecule is Cc1ccc(NS(=O)(=O)c2cc(C(=O)O)sc2C)cn1. The van der Waals surface area contributed by atoms with Crippen molar-refractivity contribution < 1.29 is 18.3 Å². The van der Waals surface area contributed by atoms with Gasteiger partial charge in [0.25, 0.3) is 10.0 Å². The van der Waals surface area contributed by atoms with Gasteiger partial charge in [-0.3, -0.25) is 9.71 Å². The monoisotopic (exact) mass is 312 g/mol. The molecule has 2 aromatic heterocycles. The van der Waals surface area contributed by atoms with Gasteiger partial charge in [0.1, 0.15) is 9.77 Å². The topological polar surface area (TPSA) is 96.4 Å². The number of rotatable bonds is 4. The van der Waals surface area contributed by atoms with E-state index in [-0.39, 0.29) is 9.77 Å². The van der Waals surface area contributed by atoms with Crippen LogP contribution in [0.25, 0.3) is 0 Å². The summed E-state index contributed by atoms with van der Waals surface area (Å²) in [5, 5.41) is 8.89. The van der Waals surface area contributed by atoms with E-state index < -0.39 is 16.0 Å². The van der Waals surface area contributed by atoms with E-state index in [1.165, 1.54) is 6.20 Å². The number of nitrogens with one attached hydrogen (secondary N) is 1. The van der Waals surface area contributed by atoms with Crippen LogP contribution in [0.3, 0.4) is 0 Å². The van der Waals surface area contributed by atoms with Crippen molar-refractivity contribution in [3.05, 3.63) is 39.8 Å². The van der Waals surface area contributed by atoms with Gasteiger partial charge in [0, 0.05) is 10.6 Å². The molecule has 0 spiro atoms. The number of anilines is 1. The molecule has 0 aromatic carbocycles. The van der Waals surface area contributed by atoms with E-state index in [1.807, 2.05) is 0 Å². The number of aromatic carboxylic acids is 1. The lowest BCUT2D eigenvalue weighted by Gasteiger charge is -2.07. The van der Waals surface area contributed by atoms with Crippen molar-refractivity contribution in [3.63, 3.8) is 0 Å². The highest BCUT2D eigenvalue weighted by atomic mass is 32.2. The maximum Gasteiger partial charge on any atom is 0.345 e. The van der Waals surface area contributed by atoms with Crippen molar-refractivity contribution in [2.45, 2.75) is 18.7 Å². The van der Waals surface area contributed by atoms with E-state index in [0.717, 1.165) is 23.1 Å². The fourth-order valence-corrected chi connectivity index (χ4v) is 4.05. The Morgan fingerprint density at radius 2 is 2.05 bits per heavy atom. The Morgan fingerprint density at radius 3 is 2.55 bits per heavy atom. The van der Waals surface area contributed by atoms with Crippen molar-refractivity contribution in [2.75, 3.05) is 4.72 Å². The maximum atomic E-state index is 12.2. The molecule has 0 bridgehead atoms. The molecule has 0 saturated carbocycles. The van der Waals surface area contributed by atoms with Crippen LogP contribution in [0.15, 0.2) is 29.3 Å². The van der Waals surface area contributed by atoms with Crippen LogP contribution in [0.1, 0.15) is 20.2 Å². The van der Waals surface area contributed by atoms with Crippen molar-refractivity contribution in [1.82, 2.24) is 4.98 Å². The van der Waals surface area contributed by atoms with Gasteiger partial charge in [-0.05, 0) is 32.0 Å². The first kappa shape index (κ1) is 14.5. The zero-order chi connectivity index (χ0) is 14.9. The lowest BCUT2D eigenvalue weighted by molar-refractivity contribution is 0.0702. The minimum Gasteiger partial charge on any atom is -0.477 e. The van der Waals surface area contributed by atoms with Crippen LogP contribution in [0.2, 0.25) is 0 Å². The number of carboxylic acids is 1. The zero-order valence-electron chi connectivity index (χ0n) is 10.7. The Bertz CT molecular complexity index is 748. The average Bonchev–Trinajstić information content (AvgIpc) is 2.75. The van der Waals surface area contributed by atoms with Crippen molar-refractivity contribution in [1.29, 1.82) is 0 Å². The molecule has 2 aromatic rings. The van der Waals surface area contributed by atoms with Gasteiger partial charge in [-0.1, -0.05) is 0 Å². The number of pyridine rings is 1. The minimum absolute atomic E-state index is 0.00935. The van der Waals surface area contributed by atoms with Crippen LogP contribution >= 0.6 is 11.3 Å². The summed E-state index contributed by atoms with van der Waals surface area (Å²) in [5.74, 6) is -1.14. The highest BCUT2D eigenvalue weighted by Crippen LogP contribution is 2.27. The molecule has 8 heteroatoms. The fraction of sp³-hybridized carbons (Fsp3) is 0.167. The summed E-state index contributed by atoms with van der Waals surface area (Å²) >= 11 is 0.928. The molecular weight excluding hydrogens is 300 g/mol. The molecular formula is C12H12N2O4S2. The number of thiophene rings is 1. The Hall–Kier alpha value is -1.93. The lowest BCUT2D eigenvalue weighted by Crippen LogP contribution is -2.13. The summed E-state index contributed by atoms with van der Waals surface area (Å²) < 4.78 is 26.8. The van der Waals surface area contributed by atoms with Crippen molar-refractivity contribution in [2.24, 2.45) is 0 Å². The molecule has 0 fully saturated rings. The largest absolute Gasteiger partial charge is 0.477 e. The molecule has 6 nitrogen and oxygen atoms in total. The molecule has 20 heavy (non-hydrogen) atoms. The Kier molecular flexibility index (Phi) is 3.78. The smallest absolute Gasteiger partial charge is 0.345 e. The first-order chi connectivity index (χ1) is 9.29. The van der Waals surface area contributed by atoms with E-state index in [4.69, 9.17) is 5.11 Å². The Morgan fingerprint density at radius 1 is 1.35 bits per heavy atom. The minimum atomic E-state index is -3.81. The molecule has 0 atom stereocenters. The number of hydrogen-bond donors (Lipinski definition) is 2. The second-order valence-electron chi connectivity index (χ2n) is 4.13. The van der Waals surface area contributed by atoms with Crippen LogP contribution in [0.5, 0.6) is 0 Å². The summed E-state index contributed by atoms with van der Waals surface area (Å²) in [6, 6.07) is 4.44. The van der Waals surface area contributed by atoms with Crippen molar-refractivity contribution in [3.8, 4) is 0 Å². The molecule has 0 aliphatic heterocycles. The number of carbonyl (C=O) groups is 1. The van der Waals surface area contributed by atoms with Gasteiger partial charge >= 0.3 is 5.97 Å². The van der Waals surface area contributed by atoms with Gasteiger partial charge in [0.2, 0.25) is 0 Å². The molecule has 106 valence electrons. The number of carboxylic acid groups (broad SMARTS) is 1. The molecule has 0 saturated heterocycles. The van der Waals surface area contributed by atoms with Gasteiger partial charge in [-0.2, -0.15) is 0 Å². The predicted octanol–water partition coefficient (Wildman–Crippen LogP) is 2.26. The first-order valence-corrected chi connectivity index (χ1v) is 7.89. The summed E-state index contributed by atoms with van der Waals surface area (Å²) in [6.07, 6.45) is 1.41. The molecule has 0 aliphatic carbocycles. The zero-order valence-corrected chi connectivity index (χ0v) is 12.4. The molecule has 2 rings (SSSR count). The van der Waals surface area contributed by atoms with E-state index in [1.54, 1.807) is 26.0 Å². The fourth-order valence-electron chi connectivity index (χ4n) is 1.58. The molecule has 0 radical (unpaired) electrons. The molecule has 0 unspecified atom stereocenters. The summed E-state index contributed by atoms with van der Waals surface area (Å²) in [4.78, 5) is 15.3. The summed E-state index contributed by atoms with van der Waals surface area (Å²) in [6.45, 7) is 3.36. The summed E-state index contributed by atoms with van der Waals surface area (Å²) in [5.41, 5.74) is 1.10. The third-order valence-corrected chi connectivity index (χ3v) is 5.21. The standard InChI is InChI=1S/C12H12N2O4S2/c1-7-3-4-9(6-13-7)14-20(17,18)11-5-10(12(15)16)19-8(11)2/h3-6,14H,1-2H3,(H,15,16). The van der Waals surface area contributed by atoms with Crippen LogP contribution < -0.4 is 4.72 Å². The van der Waals surface area contributed by atoms with Gasteiger partial charge in [0.05, 0.1) is 11.9 Å². The quantitative estimate of drug-likeness (QED) is 0.902. The highest BCUT2D eigenvalue weighted by molar-refractivity contribution is 7.93. The van der Waals surface area contributed by atoms with E-state index in [9.17, 15) is 13.2 Å². The second kappa shape index (κ2) is 5.22. The van der Waals surface area contributed by atoms with Gasteiger partial charge < -0.3 is 5.11 Å². The predicted molar refractivity (Wildman–Crippen MR) is 75.8 cm³/mol. The van der Waals surface area contributed by atoms with E-state index in [0.29, 0.717) is 10.6 Å².